The summed E-state index contributed by atoms with van der Waals surface area (Å²) in [5, 5.41) is 9.78. The second-order valence-corrected chi connectivity index (χ2v) is 14.1. The van der Waals surface area contributed by atoms with Crippen LogP contribution in [-0.4, -0.2) is 67.8 Å². The van der Waals surface area contributed by atoms with Gasteiger partial charge in [0, 0.05) is 43.0 Å². The van der Waals surface area contributed by atoms with Gasteiger partial charge in [-0.2, -0.15) is 5.10 Å². The van der Waals surface area contributed by atoms with Crippen LogP contribution in [0.3, 0.4) is 0 Å². The van der Waals surface area contributed by atoms with Gasteiger partial charge in [0.15, 0.2) is 0 Å². The minimum absolute atomic E-state index is 0.137. The summed E-state index contributed by atoms with van der Waals surface area (Å²) in [6, 6.07) is 15.4. The highest BCUT2D eigenvalue weighted by atomic mass is 16.6. The highest BCUT2D eigenvalue weighted by Crippen LogP contribution is 2.40. The van der Waals surface area contributed by atoms with Crippen LogP contribution in [0.4, 0.5) is 15.3 Å². The highest BCUT2D eigenvalue weighted by Gasteiger charge is 2.34. The SMILES string of the molecule is COC(=O)NCCNC(=O)O[C@H]1CC[C@H](C(=O)N(C[C@H]2CC[C@H](c3ccc(OC)c(C)c3)CC2)c2cccc(-c3cnn(C4CC4)c3)c2)CC1. The van der Waals surface area contributed by atoms with Crippen LogP contribution >= 0.6 is 0 Å². The van der Waals surface area contributed by atoms with Crippen molar-refractivity contribution in [3.8, 4) is 16.9 Å². The van der Waals surface area contributed by atoms with Crippen molar-refractivity contribution < 1.29 is 28.6 Å². The van der Waals surface area contributed by atoms with Crippen molar-refractivity contribution in [2.24, 2.45) is 11.8 Å². The zero-order chi connectivity index (χ0) is 35.0. The van der Waals surface area contributed by atoms with Gasteiger partial charge in [-0.25, -0.2) is 9.59 Å². The van der Waals surface area contributed by atoms with Gasteiger partial charge in [-0.1, -0.05) is 24.3 Å². The molecule has 1 aromatic heterocycles. The molecule has 3 saturated carbocycles. The average molecular weight is 686 g/mol. The van der Waals surface area contributed by atoms with Crippen LogP contribution in [0.1, 0.15) is 87.3 Å². The fourth-order valence-electron chi connectivity index (χ4n) is 7.54. The number of aryl methyl sites for hydroxylation is 1. The maximum absolute atomic E-state index is 14.4. The number of benzene rings is 2. The molecule has 3 amide bonds. The Morgan fingerprint density at radius 2 is 1.60 bits per heavy atom. The van der Waals surface area contributed by atoms with E-state index >= 15 is 0 Å². The lowest BCUT2D eigenvalue weighted by atomic mass is 9.78. The third kappa shape index (κ3) is 8.97. The molecule has 0 radical (unpaired) electrons. The molecule has 0 unspecified atom stereocenters. The van der Waals surface area contributed by atoms with E-state index in [2.05, 4.69) is 74.7 Å². The van der Waals surface area contributed by atoms with Crippen LogP contribution in [0.2, 0.25) is 0 Å². The van der Waals surface area contributed by atoms with Crippen LogP contribution in [0.15, 0.2) is 54.9 Å². The van der Waals surface area contributed by atoms with Crippen molar-refractivity contribution in [1.29, 1.82) is 0 Å². The van der Waals surface area contributed by atoms with Gasteiger partial charge in [0.1, 0.15) is 11.9 Å². The van der Waals surface area contributed by atoms with Crippen molar-refractivity contribution in [2.75, 3.05) is 38.8 Å². The van der Waals surface area contributed by atoms with Gasteiger partial charge >= 0.3 is 12.2 Å². The van der Waals surface area contributed by atoms with E-state index in [0.29, 0.717) is 50.1 Å². The molecule has 2 N–H and O–H groups in total. The van der Waals surface area contributed by atoms with E-state index < -0.39 is 12.2 Å². The molecule has 3 aromatic rings. The fraction of sp³-hybridized carbons (Fsp3) is 0.538. The van der Waals surface area contributed by atoms with E-state index in [4.69, 9.17) is 9.47 Å². The van der Waals surface area contributed by atoms with Crippen molar-refractivity contribution in [3.05, 3.63) is 66.0 Å². The van der Waals surface area contributed by atoms with Gasteiger partial charge in [-0.15, -0.1) is 0 Å². The van der Waals surface area contributed by atoms with Crippen molar-refractivity contribution in [2.45, 2.75) is 89.2 Å². The molecule has 6 rings (SSSR count). The molecular weight excluding hydrogens is 634 g/mol. The summed E-state index contributed by atoms with van der Waals surface area (Å²) in [6.07, 6.45) is 12.0. The first-order valence-corrected chi connectivity index (χ1v) is 18.2. The number of methoxy groups -OCH3 is 2. The summed E-state index contributed by atoms with van der Waals surface area (Å²) in [5.41, 5.74) is 5.60. The Morgan fingerprint density at radius 3 is 2.28 bits per heavy atom. The summed E-state index contributed by atoms with van der Waals surface area (Å²) in [7, 11) is 3.00. The van der Waals surface area contributed by atoms with Crippen molar-refractivity contribution >= 4 is 23.8 Å². The summed E-state index contributed by atoms with van der Waals surface area (Å²) in [6.45, 7) is 3.27. The fourth-order valence-corrected chi connectivity index (χ4v) is 7.54. The van der Waals surface area contributed by atoms with Crippen LogP contribution in [0.5, 0.6) is 5.75 Å². The largest absolute Gasteiger partial charge is 0.496 e. The Kier molecular flexibility index (Phi) is 11.6. The first-order valence-electron chi connectivity index (χ1n) is 18.2. The smallest absolute Gasteiger partial charge is 0.407 e. The van der Waals surface area contributed by atoms with Gasteiger partial charge < -0.3 is 29.7 Å². The van der Waals surface area contributed by atoms with E-state index in [0.717, 1.165) is 48.2 Å². The molecule has 2 aromatic carbocycles. The molecule has 11 nitrogen and oxygen atoms in total. The zero-order valence-electron chi connectivity index (χ0n) is 29.6. The van der Waals surface area contributed by atoms with Crippen LogP contribution in [0, 0.1) is 18.8 Å². The maximum atomic E-state index is 14.4. The average Bonchev–Trinajstić information content (AvgIpc) is 3.88. The first-order chi connectivity index (χ1) is 24.3. The normalized spacial score (nSPS) is 21.9. The van der Waals surface area contributed by atoms with Gasteiger partial charge in [0.2, 0.25) is 5.91 Å². The molecule has 50 heavy (non-hydrogen) atoms. The number of hydrogen-bond acceptors (Lipinski definition) is 7. The number of nitrogens with zero attached hydrogens (tertiary/aromatic N) is 3. The molecule has 0 spiro atoms. The van der Waals surface area contributed by atoms with Crippen LogP contribution < -0.4 is 20.3 Å². The summed E-state index contributed by atoms with van der Waals surface area (Å²) >= 11 is 0. The van der Waals surface area contributed by atoms with Gasteiger partial charge in [0.05, 0.1) is 26.5 Å². The van der Waals surface area contributed by atoms with E-state index in [-0.39, 0.29) is 31.0 Å². The third-order valence-electron chi connectivity index (χ3n) is 10.6. The zero-order valence-corrected chi connectivity index (χ0v) is 29.6. The van der Waals surface area contributed by atoms with Crippen molar-refractivity contribution in [3.63, 3.8) is 0 Å². The molecule has 0 atom stereocenters. The molecule has 0 aliphatic heterocycles. The number of ether oxygens (including phenoxy) is 3. The minimum atomic E-state index is -0.551. The number of aromatic nitrogens is 2. The van der Waals surface area contributed by atoms with E-state index in [1.165, 1.54) is 31.1 Å². The predicted molar refractivity (Wildman–Crippen MR) is 191 cm³/mol. The number of carbonyl (C=O) groups excluding carboxylic acids is 3. The molecule has 3 fully saturated rings. The number of anilines is 1. The van der Waals surface area contributed by atoms with Crippen LogP contribution in [0.25, 0.3) is 11.1 Å². The molecule has 3 aliphatic rings. The minimum Gasteiger partial charge on any atom is -0.496 e. The summed E-state index contributed by atoms with van der Waals surface area (Å²) < 4.78 is 17.7. The van der Waals surface area contributed by atoms with E-state index in [1.807, 2.05) is 17.2 Å². The first kappa shape index (κ1) is 35.3. The van der Waals surface area contributed by atoms with Gasteiger partial charge in [-0.3, -0.25) is 9.48 Å². The monoisotopic (exact) mass is 685 g/mol. The summed E-state index contributed by atoms with van der Waals surface area (Å²) in [5.74, 6) is 1.87. The van der Waals surface area contributed by atoms with E-state index in [1.54, 1.807) is 7.11 Å². The van der Waals surface area contributed by atoms with Crippen molar-refractivity contribution in [1.82, 2.24) is 20.4 Å². The number of rotatable bonds is 12. The topological polar surface area (TPSA) is 124 Å². The Balaban J connectivity index is 1.10. The number of alkyl carbamates (subject to hydrolysis) is 2. The Morgan fingerprint density at radius 1 is 0.860 bits per heavy atom. The number of hydrogen-bond donors (Lipinski definition) is 2. The third-order valence-corrected chi connectivity index (χ3v) is 10.6. The number of nitrogens with one attached hydrogen (secondary N) is 2. The lowest BCUT2D eigenvalue weighted by molar-refractivity contribution is -0.124. The molecule has 268 valence electrons. The lowest BCUT2D eigenvalue weighted by Gasteiger charge is -2.36. The lowest BCUT2D eigenvalue weighted by Crippen LogP contribution is -2.42. The standard InChI is InChI=1S/C39H51N5O6/c1-26-21-31(13-18-36(26)48-2)28-9-7-27(8-10-28)24-43(34-6-4-5-30(22-34)32-23-42-44(25-32)33-14-15-33)37(45)29-11-16-35(17-12-29)50-39(47)41-20-19-40-38(46)49-3/h4-6,13,18,21-23,25,27-29,33,35H,7-12,14-17,19-20,24H2,1-3H3,(H,40,46)(H,41,47)/t27-,28-,29-,35-. The molecule has 1 heterocycles. The Labute approximate surface area is 295 Å². The number of carbonyl (C=O) groups is 3. The van der Waals surface area contributed by atoms with Gasteiger partial charge in [-0.05, 0) is 118 Å². The Hall–Kier alpha value is -4.54. The van der Waals surface area contributed by atoms with Gasteiger partial charge in [0.25, 0.3) is 0 Å². The molecular formula is C39H51N5O6. The molecule has 3 aliphatic carbocycles. The second kappa shape index (κ2) is 16.4. The summed E-state index contributed by atoms with van der Waals surface area (Å²) in [4.78, 5) is 40.0. The molecule has 0 saturated heterocycles. The van der Waals surface area contributed by atoms with Crippen LogP contribution in [-0.2, 0) is 14.3 Å². The highest BCUT2D eigenvalue weighted by molar-refractivity contribution is 5.95. The van der Waals surface area contributed by atoms with E-state index in [9.17, 15) is 14.4 Å². The quantitative estimate of drug-likeness (QED) is 0.194. The Bertz CT molecular complexity index is 1620. The maximum Gasteiger partial charge on any atom is 0.407 e. The second-order valence-electron chi connectivity index (χ2n) is 14.1. The molecule has 0 bridgehead atoms. The molecule has 11 heteroatoms. The number of amides is 3. The predicted octanol–water partition coefficient (Wildman–Crippen LogP) is 7.15.